The van der Waals surface area contributed by atoms with Crippen molar-refractivity contribution in [2.24, 2.45) is 11.8 Å². The molecule has 2 heterocycles. The van der Waals surface area contributed by atoms with Gasteiger partial charge < -0.3 is 15.0 Å². The first kappa shape index (κ1) is 15.9. The molecule has 120 valence electrons. The minimum atomic E-state index is 0.232. The van der Waals surface area contributed by atoms with Crippen molar-refractivity contribution < 1.29 is 9.53 Å². The molecular formula is C16H20Cl2N2O2. The maximum atomic E-state index is 12.2. The smallest absolute Gasteiger partial charge is 0.222 e. The fourth-order valence-corrected chi connectivity index (χ4v) is 3.56. The molecule has 0 aliphatic carbocycles. The molecule has 2 atom stereocenters. The summed E-state index contributed by atoms with van der Waals surface area (Å²) >= 11 is 12.0. The molecule has 0 bridgehead atoms. The van der Waals surface area contributed by atoms with Crippen LogP contribution in [0.5, 0.6) is 5.75 Å². The SMILES string of the molecule is O=C(CCCOc1cccc(Cl)c1Cl)N1C[C@H]2CNC[C@H]2C1. The third kappa shape index (κ3) is 3.50. The van der Waals surface area contributed by atoms with E-state index in [2.05, 4.69) is 5.32 Å². The normalized spacial score (nSPS) is 23.6. The van der Waals surface area contributed by atoms with Crippen LogP contribution in [-0.2, 0) is 4.79 Å². The Morgan fingerprint density at radius 1 is 1.27 bits per heavy atom. The number of nitrogens with zero attached hydrogens (tertiary/aromatic N) is 1. The molecule has 1 aromatic carbocycles. The van der Waals surface area contributed by atoms with Crippen molar-refractivity contribution in [2.75, 3.05) is 32.8 Å². The van der Waals surface area contributed by atoms with Crippen molar-refractivity contribution in [3.8, 4) is 5.75 Å². The highest BCUT2D eigenvalue weighted by molar-refractivity contribution is 6.42. The van der Waals surface area contributed by atoms with E-state index in [1.54, 1.807) is 18.2 Å². The Labute approximate surface area is 140 Å². The van der Waals surface area contributed by atoms with Gasteiger partial charge in [-0.25, -0.2) is 0 Å². The molecule has 1 aromatic rings. The molecule has 2 fully saturated rings. The first-order chi connectivity index (χ1) is 10.6. The lowest BCUT2D eigenvalue weighted by Crippen LogP contribution is -2.31. The van der Waals surface area contributed by atoms with Crippen LogP contribution in [0.25, 0.3) is 0 Å². The van der Waals surface area contributed by atoms with Gasteiger partial charge in [-0.2, -0.15) is 0 Å². The third-order valence-electron chi connectivity index (χ3n) is 4.45. The van der Waals surface area contributed by atoms with E-state index < -0.39 is 0 Å². The number of nitrogens with one attached hydrogen (secondary N) is 1. The summed E-state index contributed by atoms with van der Waals surface area (Å²) in [6.45, 7) is 4.36. The minimum Gasteiger partial charge on any atom is -0.492 e. The maximum Gasteiger partial charge on any atom is 0.222 e. The Hall–Kier alpha value is -0.970. The quantitative estimate of drug-likeness (QED) is 0.836. The second kappa shape index (κ2) is 7.07. The zero-order valence-electron chi connectivity index (χ0n) is 12.4. The molecular weight excluding hydrogens is 323 g/mol. The number of ether oxygens (including phenoxy) is 1. The van der Waals surface area contributed by atoms with E-state index in [0.717, 1.165) is 26.2 Å². The number of halogens is 2. The minimum absolute atomic E-state index is 0.232. The first-order valence-electron chi connectivity index (χ1n) is 7.70. The summed E-state index contributed by atoms with van der Waals surface area (Å²) in [5.41, 5.74) is 0. The van der Waals surface area contributed by atoms with Crippen molar-refractivity contribution in [2.45, 2.75) is 12.8 Å². The molecule has 1 amide bonds. The number of rotatable bonds is 5. The van der Waals surface area contributed by atoms with Gasteiger partial charge in [-0.05, 0) is 30.4 Å². The van der Waals surface area contributed by atoms with E-state index in [1.807, 2.05) is 4.90 Å². The molecule has 6 heteroatoms. The van der Waals surface area contributed by atoms with Gasteiger partial charge in [-0.1, -0.05) is 29.3 Å². The van der Waals surface area contributed by atoms with Crippen LogP contribution in [0.2, 0.25) is 10.0 Å². The zero-order chi connectivity index (χ0) is 15.5. The standard InChI is InChI=1S/C16H20Cl2N2O2/c17-13-3-1-4-14(16(13)18)22-6-2-5-15(21)20-9-11-7-19-8-12(11)10-20/h1,3-4,11-12,19H,2,5-10H2/t11-,12+. The Morgan fingerprint density at radius 3 is 2.73 bits per heavy atom. The van der Waals surface area contributed by atoms with Gasteiger partial charge in [-0.15, -0.1) is 0 Å². The van der Waals surface area contributed by atoms with Gasteiger partial charge in [0.25, 0.3) is 0 Å². The van der Waals surface area contributed by atoms with Crippen LogP contribution >= 0.6 is 23.2 Å². The average molecular weight is 343 g/mol. The molecule has 0 aromatic heterocycles. The Morgan fingerprint density at radius 2 is 2.00 bits per heavy atom. The number of carbonyl (C=O) groups is 1. The van der Waals surface area contributed by atoms with Crippen LogP contribution in [0.3, 0.4) is 0 Å². The van der Waals surface area contributed by atoms with E-state index in [9.17, 15) is 4.79 Å². The molecule has 4 nitrogen and oxygen atoms in total. The highest BCUT2D eigenvalue weighted by Gasteiger charge is 2.37. The zero-order valence-corrected chi connectivity index (χ0v) is 13.9. The molecule has 0 saturated carbocycles. The molecule has 2 saturated heterocycles. The van der Waals surface area contributed by atoms with Gasteiger partial charge in [0.2, 0.25) is 5.91 Å². The second-order valence-electron chi connectivity index (χ2n) is 5.98. The van der Waals surface area contributed by atoms with Gasteiger partial charge in [0, 0.05) is 32.6 Å². The predicted molar refractivity (Wildman–Crippen MR) is 87.6 cm³/mol. The number of carbonyl (C=O) groups excluding carboxylic acids is 1. The highest BCUT2D eigenvalue weighted by atomic mass is 35.5. The van der Waals surface area contributed by atoms with E-state index >= 15 is 0 Å². The lowest BCUT2D eigenvalue weighted by Gasteiger charge is -2.17. The van der Waals surface area contributed by atoms with Gasteiger partial charge in [-0.3, -0.25) is 4.79 Å². The van der Waals surface area contributed by atoms with Gasteiger partial charge in [0.05, 0.1) is 11.6 Å². The topological polar surface area (TPSA) is 41.6 Å². The Bertz CT molecular complexity index is 541. The summed E-state index contributed by atoms with van der Waals surface area (Å²) in [6.07, 6.45) is 1.21. The van der Waals surface area contributed by atoms with Crippen LogP contribution in [0.4, 0.5) is 0 Å². The van der Waals surface area contributed by atoms with Gasteiger partial charge in [0.15, 0.2) is 0 Å². The largest absolute Gasteiger partial charge is 0.492 e. The van der Waals surface area contributed by atoms with Gasteiger partial charge >= 0.3 is 0 Å². The van der Waals surface area contributed by atoms with E-state index in [-0.39, 0.29) is 5.91 Å². The molecule has 2 aliphatic heterocycles. The fourth-order valence-electron chi connectivity index (χ4n) is 3.22. The number of hydrogen-bond donors (Lipinski definition) is 1. The maximum absolute atomic E-state index is 12.2. The second-order valence-corrected chi connectivity index (χ2v) is 6.77. The summed E-state index contributed by atoms with van der Waals surface area (Å²) < 4.78 is 5.61. The lowest BCUT2D eigenvalue weighted by molar-refractivity contribution is -0.130. The molecule has 22 heavy (non-hydrogen) atoms. The Balaban J connectivity index is 1.40. The van der Waals surface area contributed by atoms with Crippen LogP contribution in [-0.4, -0.2) is 43.6 Å². The molecule has 0 spiro atoms. The van der Waals surface area contributed by atoms with Gasteiger partial charge in [0.1, 0.15) is 10.8 Å². The molecule has 0 radical (unpaired) electrons. The highest BCUT2D eigenvalue weighted by Crippen LogP contribution is 2.31. The molecule has 2 aliphatic rings. The van der Waals surface area contributed by atoms with Crippen molar-refractivity contribution in [3.05, 3.63) is 28.2 Å². The predicted octanol–water partition coefficient (Wildman–Crippen LogP) is 2.83. The summed E-state index contributed by atoms with van der Waals surface area (Å²) in [5.74, 6) is 2.09. The number of fused-ring (bicyclic) bond motifs is 1. The number of likely N-dealkylation sites (tertiary alicyclic amines) is 1. The summed E-state index contributed by atoms with van der Waals surface area (Å²) in [4.78, 5) is 14.2. The molecule has 0 unspecified atom stereocenters. The summed E-state index contributed by atoms with van der Waals surface area (Å²) in [5, 5.41) is 4.29. The molecule has 1 N–H and O–H groups in total. The van der Waals surface area contributed by atoms with Crippen LogP contribution in [0.15, 0.2) is 18.2 Å². The van der Waals surface area contributed by atoms with E-state index in [0.29, 0.717) is 47.1 Å². The van der Waals surface area contributed by atoms with Crippen molar-refractivity contribution in [1.82, 2.24) is 10.2 Å². The molecule has 3 rings (SSSR count). The average Bonchev–Trinajstić information content (AvgIpc) is 3.08. The third-order valence-corrected chi connectivity index (χ3v) is 5.25. The van der Waals surface area contributed by atoms with Crippen LogP contribution in [0.1, 0.15) is 12.8 Å². The van der Waals surface area contributed by atoms with Crippen LogP contribution < -0.4 is 10.1 Å². The van der Waals surface area contributed by atoms with Crippen LogP contribution in [0, 0.1) is 11.8 Å². The Kier molecular flexibility index (Phi) is 5.11. The number of amides is 1. The number of hydrogen-bond acceptors (Lipinski definition) is 3. The fraction of sp³-hybridized carbons (Fsp3) is 0.562. The van der Waals surface area contributed by atoms with Crippen molar-refractivity contribution in [3.63, 3.8) is 0 Å². The lowest BCUT2D eigenvalue weighted by atomic mass is 10.0. The number of benzene rings is 1. The monoisotopic (exact) mass is 342 g/mol. The van der Waals surface area contributed by atoms with E-state index in [4.69, 9.17) is 27.9 Å². The van der Waals surface area contributed by atoms with E-state index in [1.165, 1.54) is 0 Å². The first-order valence-corrected chi connectivity index (χ1v) is 8.46. The summed E-state index contributed by atoms with van der Waals surface area (Å²) in [6, 6.07) is 5.30. The van der Waals surface area contributed by atoms with Crippen molar-refractivity contribution >= 4 is 29.1 Å². The van der Waals surface area contributed by atoms with Crippen molar-refractivity contribution in [1.29, 1.82) is 0 Å². The summed E-state index contributed by atoms with van der Waals surface area (Å²) in [7, 11) is 0.